The van der Waals surface area contributed by atoms with Gasteiger partial charge in [-0.1, -0.05) is 0 Å². The van der Waals surface area contributed by atoms with Gasteiger partial charge in [-0.2, -0.15) is 0 Å². The molecule has 0 saturated carbocycles. The minimum atomic E-state index is 0. The normalized spacial score (nSPS) is 0. The monoisotopic (exact) mass is 2350 g/mol. The fourth-order valence-corrected chi connectivity index (χ4v) is 0. The third kappa shape index (κ3) is 823. The van der Waals surface area contributed by atoms with Crippen LogP contribution < -0.4 is 1590 Å². The summed E-state index contributed by atoms with van der Waals surface area (Å²) in [7, 11) is 0. The second-order valence-corrected chi connectivity index (χ2v) is 0. The first-order valence-electron chi connectivity index (χ1n) is 0. The smallest absolute Gasteiger partial charge is 1.00 e. The molecule has 0 amide bonds. The first-order valence-corrected chi connectivity index (χ1v) is 0. The summed E-state index contributed by atoms with van der Waals surface area (Å²) in [5.74, 6) is 0. The summed E-state index contributed by atoms with van der Waals surface area (Å²) in [5, 5.41) is 0. The molecule has 0 spiro atoms. The molecule has 0 aliphatic carbocycles. The van der Waals surface area contributed by atoms with E-state index in [0.29, 0.717) is 0 Å². The van der Waals surface area contributed by atoms with E-state index in [1.165, 1.54) is 0 Å². The first-order chi connectivity index (χ1) is 0. The van der Waals surface area contributed by atoms with Crippen LogP contribution in [0, 0.1) is 0 Å². The Kier molecular flexibility index (Phi) is 9090. The topological polar surface area (TPSA) is 0 Å². The summed E-state index contributed by atoms with van der Waals surface area (Å²) in [6.07, 6.45) is 0. The summed E-state index contributed by atoms with van der Waals surface area (Å²) in [6.45, 7) is 0. The van der Waals surface area contributed by atoms with E-state index >= 15 is 0 Å². The Labute approximate surface area is 1590 Å². The average Bonchev–Trinajstić information content (AvgIpc) is 0. The summed E-state index contributed by atoms with van der Waals surface area (Å²) < 4.78 is 0. The van der Waals surface area contributed by atoms with Crippen LogP contribution in [0.5, 0.6) is 0 Å². The fourth-order valence-electron chi connectivity index (χ4n) is 0. The van der Waals surface area contributed by atoms with Crippen molar-refractivity contribution in [3.63, 3.8) is 0 Å². The number of halogens is 42. The Morgan fingerprint density at radius 3 is 0.0375 bits per heavy atom. The molecule has 0 radical (unpaired) electrons. The largest absolute Gasteiger partial charge is 1.00 e. The summed E-state index contributed by atoms with van der Waals surface area (Å²) in [6, 6.07) is 0. The number of hydrogen-bond donors (Lipinski definition) is 0. The van der Waals surface area contributed by atoms with Gasteiger partial charge in [0.1, 0.15) is 0 Å². The molecule has 0 saturated heterocycles. The van der Waals surface area contributed by atoms with Crippen molar-refractivity contribution < 1.29 is 1590 Å². The molecular formula is H4Cl42Na38. The van der Waals surface area contributed by atoms with Crippen molar-refractivity contribution in [1.29, 1.82) is 0 Å². The van der Waals surface area contributed by atoms with E-state index in [4.69, 9.17) is 0 Å². The molecule has 0 aliphatic rings. The van der Waals surface area contributed by atoms with Crippen molar-refractivity contribution in [3.8, 4) is 0 Å². The standard InChI is InChI=1S/42ClH.38Na/h42*1H;;;;;;;;;;;;;;;;;;;;;;;;;;;;;;;;;;;;;;/q;;;;;;;;;;;;;;;;;;;;;;;;;;;;;;;;;;;;;;;;;;38*+1/p-38. The molecule has 0 aromatic carbocycles. The quantitative estimate of drug-likeness (QED) is 0.212. The molecular weight excluding hydrogens is 2360 g/mol. The van der Waals surface area contributed by atoms with Gasteiger partial charge in [0.05, 0.1) is 0 Å². The molecule has 0 nitrogen and oxygen atoms in total. The van der Waals surface area contributed by atoms with Crippen molar-refractivity contribution in [2.45, 2.75) is 0 Å². The second-order valence-electron chi connectivity index (χ2n) is 0. The van der Waals surface area contributed by atoms with Crippen LogP contribution in [0.2, 0.25) is 0 Å². The van der Waals surface area contributed by atoms with Gasteiger partial charge in [0.15, 0.2) is 0 Å². The number of rotatable bonds is 0. The van der Waals surface area contributed by atoms with Gasteiger partial charge in [-0.15, -0.1) is 49.6 Å². The van der Waals surface area contributed by atoms with Gasteiger partial charge in [-0.3, -0.25) is 0 Å². The van der Waals surface area contributed by atoms with Crippen LogP contribution in [0.25, 0.3) is 0 Å². The summed E-state index contributed by atoms with van der Waals surface area (Å²) in [4.78, 5) is 0. The van der Waals surface area contributed by atoms with Crippen LogP contribution in [0.4, 0.5) is 0 Å². The average molecular weight is 2370 g/mol. The predicted octanol–water partition coefficient (Wildman–Crippen LogP) is -226. The van der Waals surface area contributed by atoms with Gasteiger partial charge >= 0.3 is 1120 Å². The molecule has 0 aromatic rings. The van der Waals surface area contributed by atoms with Crippen molar-refractivity contribution in [2.24, 2.45) is 0 Å². The van der Waals surface area contributed by atoms with Crippen LogP contribution in [0.3, 0.4) is 0 Å². The zero-order valence-corrected chi connectivity index (χ0v) is 162. The Hall–Kier alpha value is 50.2. The Morgan fingerprint density at radius 2 is 0.0375 bits per heavy atom. The van der Waals surface area contributed by atoms with Crippen molar-refractivity contribution >= 4 is 49.6 Å². The van der Waals surface area contributed by atoms with Crippen molar-refractivity contribution in [1.82, 2.24) is 0 Å². The molecule has 0 rings (SSSR count). The van der Waals surface area contributed by atoms with E-state index in [0.717, 1.165) is 0 Å². The second kappa shape index (κ2) is 843. The first kappa shape index (κ1) is 863. The molecule has 0 aliphatic heterocycles. The molecule has 0 atom stereocenters. The third-order valence-electron chi connectivity index (χ3n) is 0. The molecule has 80 heteroatoms. The van der Waals surface area contributed by atoms with Crippen molar-refractivity contribution in [3.05, 3.63) is 0 Å². The maximum atomic E-state index is 0. The Morgan fingerprint density at radius 1 is 0.0375 bits per heavy atom. The molecule has 0 N–H and O–H groups in total. The third-order valence-corrected chi connectivity index (χ3v) is 0. The summed E-state index contributed by atoms with van der Waals surface area (Å²) in [5.41, 5.74) is 0. The molecule has 0 heterocycles. The zero-order chi connectivity index (χ0) is 0. The van der Waals surface area contributed by atoms with Crippen LogP contribution >= 0.6 is 49.6 Å². The summed E-state index contributed by atoms with van der Waals surface area (Å²) >= 11 is 0. The molecule has 80 heavy (non-hydrogen) atoms. The maximum absolute atomic E-state index is 0. The van der Waals surface area contributed by atoms with Gasteiger partial charge < -0.3 is 471 Å². The molecule has 0 aromatic heterocycles. The van der Waals surface area contributed by atoms with E-state index in [9.17, 15) is 0 Å². The van der Waals surface area contributed by atoms with Crippen LogP contribution in [-0.2, 0) is 0 Å². The van der Waals surface area contributed by atoms with E-state index in [2.05, 4.69) is 0 Å². The minimum Gasteiger partial charge on any atom is -1.00 e. The van der Waals surface area contributed by atoms with Crippen LogP contribution in [0.1, 0.15) is 0 Å². The van der Waals surface area contributed by atoms with Gasteiger partial charge in [0, 0.05) is 0 Å². The van der Waals surface area contributed by atoms with Gasteiger partial charge in [0.25, 0.3) is 0 Å². The van der Waals surface area contributed by atoms with E-state index in [1.54, 1.807) is 0 Å². The van der Waals surface area contributed by atoms with Gasteiger partial charge in [-0.05, 0) is 0 Å². The van der Waals surface area contributed by atoms with Crippen LogP contribution in [0.15, 0.2) is 0 Å². The molecule has 336 valence electrons. The maximum Gasteiger partial charge on any atom is 1.00 e. The van der Waals surface area contributed by atoms with E-state index in [-0.39, 0.29) is 1640 Å². The Balaban J connectivity index is 0. The van der Waals surface area contributed by atoms with Gasteiger partial charge in [-0.25, -0.2) is 0 Å². The van der Waals surface area contributed by atoms with E-state index < -0.39 is 0 Å². The molecule has 0 bridgehead atoms. The number of hydrogen-bond acceptors (Lipinski definition) is 0. The zero-order valence-electron chi connectivity index (χ0n) is 54.0. The minimum absolute atomic E-state index is 0. The van der Waals surface area contributed by atoms with Crippen molar-refractivity contribution in [2.75, 3.05) is 0 Å². The van der Waals surface area contributed by atoms with Crippen LogP contribution in [-0.4, -0.2) is 0 Å². The predicted molar refractivity (Wildman–Crippen MR) is 29.0 cm³/mol. The van der Waals surface area contributed by atoms with E-state index in [1.807, 2.05) is 0 Å². The fraction of sp³-hybridized carbons (Fsp3) is 0. The molecule has 0 unspecified atom stereocenters. The van der Waals surface area contributed by atoms with Gasteiger partial charge in [0.2, 0.25) is 0 Å². The Bertz CT molecular complexity index is 79.9. The molecule has 0 fully saturated rings. The SMILES string of the molecule is Cl.Cl.Cl.Cl.[Cl-].[Cl-].[Cl-].[Cl-].[Cl-].[Cl-].[Cl-].[Cl-].[Cl-].[Cl-].[Cl-].[Cl-].[Cl-].[Cl-].[Cl-].[Cl-].[Cl-].[Cl-].[Cl-].[Cl-].[Cl-].[Cl-].[Cl-].[Cl-].[Cl-].[Cl-].[Cl-].[Cl-].[Cl-].[Cl-].[Cl-].[Cl-].[Cl-].[Cl-].[Cl-].[Cl-].[Cl-].[Cl-].[Na+].[Na+].[Na+].[Na+].[Na+].[Na+].[Na+].[Na+].[Na+].[Na+].[Na+].[Na+].[Na+].[Na+].[Na+].[Na+].[Na+].[Na+].[Na+].[Na+].[Na+].[Na+].[Na+].[Na+].[Na+].[Na+].[Na+].[Na+].[Na+].[Na+].[Na+].[Na+].[Na+].[Na+].[Na+].[Na+].[Na+].[Na+].